The van der Waals surface area contributed by atoms with Crippen molar-refractivity contribution in [3.8, 4) is 11.3 Å². The van der Waals surface area contributed by atoms with Crippen LogP contribution in [0.3, 0.4) is 0 Å². The highest BCUT2D eigenvalue weighted by atomic mass is 19.4. The Morgan fingerprint density at radius 1 is 1.14 bits per heavy atom. The lowest BCUT2D eigenvalue weighted by molar-refractivity contribution is -0.136. The van der Waals surface area contributed by atoms with E-state index in [0.29, 0.717) is 18.7 Å². The number of halogens is 4. The molecule has 1 saturated heterocycles. The molecule has 0 unspecified atom stereocenters. The van der Waals surface area contributed by atoms with Crippen molar-refractivity contribution >= 4 is 17.2 Å². The molecule has 2 N–H and O–H groups in total. The number of pyridine rings is 1. The Balaban J connectivity index is 1.41. The number of rotatable bonds is 4. The molecule has 1 aliphatic heterocycles. The van der Waals surface area contributed by atoms with Crippen LogP contribution in [0.4, 0.5) is 23.4 Å². The SMILES string of the molecule is Nc1ncnn2c(-c3cncc(C(=O)N4CCC[C@H](Cc5ccc(F)cc5)C4)c3)cc(C(F)(F)F)c12. The molecule has 7 nitrogen and oxygen atoms in total. The molecular weight excluding hydrogens is 476 g/mol. The molecule has 1 atom stereocenters. The molecule has 0 spiro atoms. The van der Waals surface area contributed by atoms with Gasteiger partial charge in [0.15, 0.2) is 5.82 Å². The number of hydrogen-bond donors (Lipinski definition) is 1. The van der Waals surface area contributed by atoms with Crippen LogP contribution >= 0.6 is 0 Å². The van der Waals surface area contributed by atoms with Crippen LogP contribution in [-0.2, 0) is 12.6 Å². The van der Waals surface area contributed by atoms with Crippen LogP contribution in [0.2, 0.25) is 0 Å². The van der Waals surface area contributed by atoms with E-state index in [1.807, 2.05) is 0 Å². The summed E-state index contributed by atoms with van der Waals surface area (Å²) in [7, 11) is 0. The monoisotopic (exact) mass is 498 g/mol. The van der Waals surface area contributed by atoms with Crippen molar-refractivity contribution in [3.63, 3.8) is 0 Å². The number of amides is 1. The maximum Gasteiger partial charge on any atom is 0.418 e. The lowest BCUT2D eigenvalue weighted by Crippen LogP contribution is -2.40. The normalized spacial score (nSPS) is 16.4. The van der Waals surface area contributed by atoms with Crippen LogP contribution in [0.25, 0.3) is 16.8 Å². The maximum absolute atomic E-state index is 13.7. The fourth-order valence-corrected chi connectivity index (χ4v) is 4.74. The summed E-state index contributed by atoms with van der Waals surface area (Å²) in [5.41, 5.74) is 6.07. The third-order valence-corrected chi connectivity index (χ3v) is 6.41. The number of nitrogens with two attached hydrogens (primary N) is 1. The second-order valence-corrected chi connectivity index (χ2v) is 8.90. The number of aromatic nitrogens is 4. The fourth-order valence-electron chi connectivity index (χ4n) is 4.74. The fraction of sp³-hybridized carbons (Fsp3) is 0.280. The van der Waals surface area contributed by atoms with Gasteiger partial charge in [0.2, 0.25) is 0 Å². The van der Waals surface area contributed by atoms with Crippen LogP contribution in [0.15, 0.2) is 55.1 Å². The predicted molar refractivity (Wildman–Crippen MR) is 124 cm³/mol. The molecule has 0 bridgehead atoms. The van der Waals surface area contributed by atoms with Gasteiger partial charge < -0.3 is 10.6 Å². The average molecular weight is 498 g/mol. The van der Waals surface area contributed by atoms with Gasteiger partial charge in [-0.15, -0.1) is 0 Å². The number of carbonyl (C=O) groups excluding carboxylic acids is 1. The van der Waals surface area contributed by atoms with Crippen molar-refractivity contribution < 1.29 is 22.4 Å². The van der Waals surface area contributed by atoms with Gasteiger partial charge in [0.1, 0.15) is 17.7 Å². The summed E-state index contributed by atoms with van der Waals surface area (Å²) in [6.45, 7) is 1.09. The molecule has 0 aliphatic carbocycles. The zero-order valence-electron chi connectivity index (χ0n) is 19.0. The van der Waals surface area contributed by atoms with Crippen LogP contribution in [0.5, 0.6) is 0 Å². The first-order valence-electron chi connectivity index (χ1n) is 11.4. The van der Waals surface area contributed by atoms with Gasteiger partial charge in [0.05, 0.1) is 16.8 Å². The predicted octanol–water partition coefficient (Wildman–Crippen LogP) is 4.63. The molecule has 1 amide bonds. The third-order valence-electron chi connectivity index (χ3n) is 6.41. The quantitative estimate of drug-likeness (QED) is 0.415. The molecule has 4 aromatic rings. The Bertz CT molecular complexity index is 1420. The molecule has 4 heterocycles. The van der Waals surface area contributed by atoms with E-state index in [9.17, 15) is 22.4 Å². The summed E-state index contributed by atoms with van der Waals surface area (Å²) in [5.74, 6) is -0.629. The minimum Gasteiger partial charge on any atom is -0.382 e. The first-order chi connectivity index (χ1) is 17.2. The number of nitrogens with zero attached hydrogens (tertiary/aromatic N) is 5. The number of nitrogen functional groups attached to an aromatic ring is 1. The van der Waals surface area contributed by atoms with Crippen molar-refractivity contribution in [2.75, 3.05) is 18.8 Å². The molecule has 186 valence electrons. The lowest BCUT2D eigenvalue weighted by Gasteiger charge is -2.33. The van der Waals surface area contributed by atoms with Gasteiger partial charge in [0, 0.05) is 31.0 Å². The summed E-state index contributed by atoms with van der Waals surface area (Å²) in [4.78, 5) is 22.9. The molecule has 5 rings (SSSR count). The number of hydrogen-bond acceptors (Lipinski definition) is 5. The molecule has 1 aromatic carbocycles. The molecule has 0 saturated carbocycles. The number of carbonyl (C=O) groups is 1. The highest BCUT2D eigenvalue weighted by molar-refractivity contribution is 5.95. The Morgan fingerprint density at radius 3 is 2.67 bits per heavy atom. The molecule has 0 radical (unpaired) electrons. The van der Waals surface area contributed by atoms with Gasteiger partial charge in [-0.2, -0.15) is 18.3 Å². The minimum absolute atomic E-state index is 0.0985. The van der Waals surface area contributed by atoms with Gasteiger partial charge in [0.25, 0.3) is 5.91 Å². The van der Waals surface area contributed by atoms with Gasteiger partial charge >= 0.3 is 6.18 Å². The van der Waals surface area contributed by atoms with E-state index in [2.05, 4.69) is 15.1 Å². The van der Waals surface area contributed by atoms with Gasteiger partial charge in [-0.3, -0.25) is 9.78 Å². The molecule has 1 fully saturated rings. The zero-order valence-corrected chi connectivity index (χ0v) is 19.0. The van der Waals surface area contributed by atoms with Crippen LogP contribution in [-0.4, -0.2) is 43.5 Å². The highest BCUT2D eigenvalue weighted by Crippen LogP contribution is 2.38. The van der Waals surface area contributed by atoms with Crippen LogP contribution < -0.4 is 5.73 Å². The molecular formula is C25H22F4N6O. The summed E-state index contributed by atoms with van der Waals surface area (Å²) < 4.78 is 55.3. The minimum atomic E-state index is -4.67. The molecule has 1 aliphatic rings. The number of anilines is 1. The Hall–Kier alpha value is -4.02. The molecule has 3 aromatic heterocycles. The maximum atomic E-state index is 13.7. The second kappa shape index (κ2) is 9.21. The first-order valence-corrected chi connectivity index (χ1v) is 11.4. The van der Waals surface area contributed by atoms with Gasteiger partial charge in [-0.25, -0.2) is 13.9 Å². The number of alkyl halides is 3. The van der Waals surface area contributed by atoms with Crippen LogP contribution in [0, 0.1) is 11.7 Å². The average Bonchev–Trinajstić information content (AvgIpc) is 3.27. The first kappa shape index (κ1) is 23.7. The lowest BCUT2D eigenvalue weighted by atomic mass is 9.91. The number of benzene rings is 1. The Labute approximate surface area is 203 Å². The van der Waals surface area contributed by atoms with Gasteiger partial charge in [-0.05, 0) is 55.0 Å². The van der Waals surface area contributed by atoms with E-state index >= 15 is 0 Å². The largest absolute Gasteiger partial charge is 0.418 e. The molecule has 36 heavy (non-hydrogen) atoms. The zero-order chi connectivity index (χ0) is 25.4. The van der Waals surface area contributed by atoms with E-state index in [1.165, 1.54) is 30.6 Å². The highest BCUT2D eigenvalue weighted by Gasteiger charge is 2.36. The van der Waals surface area contributed by atoms with Gasteiger partial charge in [-0.1, -0.05) is 12.1 Å². The van der Waals surface area contributed by atoms with Crippen molar-refractivity contribution in [1.82, 2.24) is 24.5 Å². The van der Waals surface area contributed by atoms with Crippen molar-refractivity contribution in [3.05, 3.63) is 77.6 Å². The molecule has 11 heteroatoms. The summed E-state index contributed by atoms with van der Waals surface area (Å²) in [6.07, 6.45) is 1.67. The van der Waals surface area contributed by atoms with Crippen molar-refractivity contribution in [2.24, 2.45) is 5.92 Å². The standard InChI is InChI=1S/C25H22F4N6O/c26-19-5-3-15(4-6-19)8-16-2-1-7-34(13-16)24(36)18-9-17(11-31-12-18)21-10-20(25(27,28)29)22-23(30)32-14-33-35(21)22/h3-6,9-12,14,16H,1-2,7-8,13H2,(H2,30,32,33)/t16-/m1/s1. The topological polar surface area (TPSA) is 89.4 Å². The Morgan fingerprint density at radius 2 is 1.92 bits per heavy atom. The third kappa shape index (κ3) is 4.60. The smallest absolute Gasteiger partial charge is 0.382 e. The summed E-state index contributed by atoms with van der Waals surface area (Å²) >= 11 is 0. The second-order valence-electron chi connectivity index (χ2n) is 8.90. The number of fused-ring (bicyclic) bond motifs is 1. The number of likely N-dealkylation sites (tertiary alicyclic amines) is 1. The summed E-state index contributed by atoms with van der Waals surface area (Å²) in [5, 5.41) is 3.95. The van der Waals surface area contributed by atoms with Crippen molar-refractivity contribution in [1.29, 1.82) is 0 Å². The van der Waals surface area contributed by atoms with E-state index < -0.39 is 11.7 Å². The van der Waals surface area contributed by atoms with Crippen LogP contribution in [0.1, 0.15) is 34.3 Å². The van der Waals surface area contributed by atoms with E-state index in [4.69, 9.17) is 5.73 Å². The van der Waals surface area contributed by atoms with E-state index in [1.54, 1.807) is 17.0 Å². The summed E-state index contributed by atoms with van der Waals surface area (Å²) in [6, 6.07) is 8.79. The van der Waals surface area contributed by atoms with E-state index in [0.717, 1.165) is 41.7 Å². The van der Waals surface area contributed by atoms with E-state index in [-0.39, 0.29) is 40.2 Å². The number of piperidine rings is 1. The van der Waals surface area contributed by atoms with Crippen molar-refractivity contribution in [2.45, 2.75) is 25.4 Å². The Kier molecular flexibility index (Phi) is 6.07.